The van der Waals surface area contributed by atoms with Crippen molar-refractivity contribution >= 4 is 5.91 Å². The van der Waals surface area contributed by atoms with Gasteiger partial charge in [-0.25, -0.2) is 0 Å². The first kappa shape index (κ1) is 18.8. The van der Waals surface area contributed by atoms with E-state index in [1.807, 2.05) is 0 Å². The Kier molecular flexibility index (Phi) is 4.34. The zero-order valence-electron chi connectivity index (χ0n) is 13.7. The maximum absolute atomic E-state index is 13.6. The second-order valence-corrected chi connectivity index (χ2v) is 7.93. The Morgan fingerprint density at radius 3 is 2.20 bits per heavy atom. The topological polar surface area (TPSA) is 75.4 Å². The quantitative estimate of drug-likeness (QED) is 0.668. The summed E-state index contributed by atoms with van der Waals surface area (Å²) in [6.07, 6.45) is -4.63. The first-order valence-corrected chi connectivity index (χ1v) is 8.63. The number of aliphatic hydroxyl groups is 1. The number of hydrogen-bond acceptors (Lipinski definition) is 3. The summed E-state index contributed by atoms with van der Waals surface area (Å²) in [5, 5.41) is 13.3. The number of amides is 1. The standard InChI is InChI=1S/C16H23F5N2O2/c17-15(18,16(19,20)21)14(25)4-1-9(2-5-14)11-8-13(11)7-10(12(22)24)3-6-23-13/h9-11,23,25H,1-8H2,(H2,22,24). The van der Waals surface area contributed by atoms with Crippen molar-refractivity contribution in [2.45, 2.75) is 68.2 Å². The van der Waals surface area contributed by atoms with Crippen LogP contribution >= 0.6 is 0 Å². The van der Waals surface area contributed by atoms with Crippen molar-refractivity contribution in [1.29, 1.82) is 0 Å². The number of hydrogen-bond donors (Lipinski definition) is 3. The summed E-state index contributed by atoms with van der Waals surface area (Å²) in [7, 11) is 0. The van der Waals surface area contributed by atoms with E-state index in [2.05, 4.69) is 5.32 Å². The van der Waals surface area contributed by atoms with Crippen LogP contribution in [0.3, 0.4) is 0 Å². The Morgan fingerprint density at radius 2 is 1.68 bits per heavy atom. The first-order chi connectivity index (χ1) is 11.4. The number of nitrogens with one attached hydrogen (secondary N) is 1. The molecule has 0 aromatic carbocycles. The molecule has 3 aliphatic rings. The number of primary amides is 1. The van der Waals surface area contributed by atoms with E-state index in [1.54, 1.807) is 0 Å². The van der Waals surface area contributed by atoms with Crippen LogP contribution in [0.2, 0.25) is 0 Å². The summed E-state index contributed by atoms with van der Waals surface area (Å²) in [6, 6.07) is 0. The lowest BCUT2D eigenvalue weighted by Gasteiger charge is -2.42. The van der Waals surface area contributed by atoms with E-state index in [-0.39, 0.29) is 42.0 Å². The highest BCUT2D eigenvalue weighted by Gasteiger charge is 2.70. The molecule has 25 heavy (non-hydrogen) atoms. The van der Waals surface area contributed by atoms with Crippen molar-refractivity contribution in [3.05, 3.63) is 0 Å². The summed E-state index contributed by atoms with van der Waals surface area (Å²) in [4.78, 5) is 11.4. The minimum atomic E-state index is -5.75. The smallest absolute Gasteiger partial charge is 0.383 e. The predicted molar refractivity (Wildman–Crippen MR) is 78.7 cm³/mol. The van der Waals surface area contributed by atoms with Gasteiger partial charge in [0.25, 0.3) is 0 Å². The van der Waals surface area contributed by atoms with E-state index < -0.39 is 30.5 Å². The third kappa shape index (κ3) is 3.03. The lowest BCUT2D eigenvalue weighted by molar-refractivity contribution is -0.347. The van der Waals surface area contributed by atoms with Crippen LogP contribution in [0.15, 0.2) is 0 Å². The van der Waals surface area contributed by atoms with Crippen LogP contribution < -0.4 is 11.1 Å². The highest BCUT2D eigenvalue weighted by atomic mass is 19.4. The van der Waals surface area contributed by atoms with Crippen molar-refractivity contribution < 1.29 is 31.9 Å². The molecular formula is C16H23F5N2O2. The molecule has 1 heterocycles. The van der Waals surface area contributed by atoms with Gasteiger partial charge in [0.05, 0.1) is 0 Å². The normalized spacial score (nSPS) is 42.4. The Morgan fingerprint density at radius 1 is 1.08 bits per heavy atom. The van der Waals surface area contributed by atoms with E-state index in [4.69, 9.17) is 5.73 Å². The number of rotatable bonds is 3. The fourth-order valence-electron chi connectivity index (χ4n) is 4.84. The molecule has 4 nitrogen and oxygen atoms in total. The van der Waals surface area contributed by atoms with Crippen LogP contribution in [0.4, 0.5) is 22.0 Å². The van der Waals surface area contributed by atoms with Crippen molar-refractivity contribution in [1.82, 2.24) is 5.32 Å². The lowest BCUT2D eigenvalue weighted by Crippen LogP contribution is -2.58. The zero-order chi connectivity index (χ0) is 18.7. The third-order valence-electron chi connectivity index (χ3n) is 6.48. The van der Waals surface area contributed by atoms with Gasteiger partial charge in [-0.15, -0.1) is 0 Å². The number of halogens is 5. The average Bonchev–Trinajstić information content (AvgIpc) is 3.19. The minimum absolute atomic E-state index is 0.0246. The highest BCUT2D eigenvalue weighted by molar-refractivity contribution is 5.77. The molecule has 0 radical (unpaired) electrons. The van der Waals surface area contributed by atoms with Gasteiger partial charge < -0.3 is 16.2 Å². The molecule has 0 bridgehead atoms. The molecule has 1 saturated heterocycles. The molecule has 1 aliphatic heterocycles. The molecule has 3 fully saturated rings. The molecule has 3 atom stereocenters. The van der Waals surface area contributed by atoms with Crippen LogP contribution in [0.25, 0.3) is 0 Å². The Hall–Kier alpha value is -0.960. The van der Waals surface area contributed by atoms with Gasteiger partial charge in [0.1, 0.15) is 5.60 Å². The van der Waals surface area contributed by atoms with E-state index in [9.17, 15) is 31.9 Å². The van der Waals surface area contributed by atoms with Crippen molar-refractivity contribution in [3.63, 3.8) is 0 Å². The molecule has 3 rings (SSSR count). The molecule has 2 saturated carbocycles. The summed E-state index contributed by atoms with van der Waals surface area (Å²) in [5.41, 5.74) is 2.10. The Labute approximate surface area is 142 Å². The average molecular weight is 370 g/mol. The molecule has 1 amide bonds. The summed E-state index contributed by atoms with van der Waals surface area (Å²) in [5.74, 6) is -5.57. The minimum Gasteiger partial charge on any atom is -0.383 e. The number of carbonyl (C=O) groups is 1. The van der Waals surface area contributed by atoms with E-state index in [0.717, 1.165) is 6.42 Å². The molecule has 2 aliphatic carbocycles. The Balaban J connectivity index is 1.62. The van der Waals surface area contributed by atoms with Crippen molar-refractivity contribution in [3.8, 4) is 0 Å². The van der Waals surface area contributed by atoms with Gasteiger partial charge in [-0.1, -0.05) is 0 Å². The summed E-state index contributed by atoms with van der Waals surface area (Å²) in [6.45, 7) is 0.646. The van der Waals surface area contributed by atoms with Gasteiger partial charge >= 0.3 is 12.1 Å². The number of carbonyl (C=O) groups excluding carboxylic acids is 1. The molecular weight excluding hydrogens is 347 g/mol. The first-order valence-electron chi connectivity index (χ1n) is 8.63. The molecule has 9 heteroatoms. The fourth-order valence-corrected chi connectivity index (χ4v) is 4.84. The molecule has 1 spiro atoms. The second-order valence-electron chi connectivity index (χ2n) is 7.93. The molecule has 0 aromatic heterocycles. The third-order valence-corrected chi connectivity index (χ3v) is 6.48. The summed E-state index contributed by atoms with van der Waals surface area (Å²) < 4.78 is 64.9. The van der Waals surface area contributed by atoms with Gasteiger partial charge in [-0.05, 0) is 63.3 Å². The van der Waals surface area contributed by atoms with Crippen LogP contribution in [0, 0.1) is 17.8 Å². The van der Waals surface area contributed by atoms with Crippen molar-refractivity contribution in [2.24, 2.45) is 23.5 Å². The lowest BCUT2D eigenvalue weighted by atomic mass is 9.72. The second kappa shape index (κ2) is 5.77. The van der Waals surface area contributed by atoms with Gasteiger partial charge in [0.15, 0.2) is 0 Å². The van der Waals surface area contributed by atoms with Crippen molar-refractivity contribution in [2.75, 3.05) is 6.54 Å². The highest BCUT2D eigenvalue weighted by Crippen LogP contribution is 2.59. The van der Waals surface area contributed by atoms with Crippen LogP contribution in [-0.4, -0.2) is 40.8 Å². The number of alkyl halides is 5. The van der Waals surface area contributed by atoms with E-state index in [1.165, 1.54) is 0 Å². The SMILES string of the molecule is NC(=O)C1CCNC2(C1)CC2C1CCC(O)(C(F)(F)C(F)(F)F)CC1. The molecule has 144 valence electrons. The van der Waals surface area contributed by atoms with Crippen LogP contribution in [0.1, 0.15) is 44.9 Å². The maximum atomic E-state index is 13.6. The van der Waals surface area contributed by atoms with Gasteiger partial charge in [-0.3, -0.25) is 4.79 Å². The molecule has 0 aromatic rings. The molecule has 3 unspecified atom stereocenters. The molecule has 4 N–H and O–H groups in total. The summed E-state index contributed by atoms with van der Waals surface area (Å²) >= 11 is 0. The monoisotopic (exact) mass is 370 g/mol. The van der Waals surface area contributed by atoms with E-state index in [0.29, 0.717) is 19.4 Å². The van der Waals surface area contributed by atoms with Gasteiger partial charge in [0.2, 0.25) is 5.91 Å². The van der Waals surface area contributed by atoms with E-state index >= 15 is 0 Å². The van der Waals surface area contributed by atoms with Crippen LogP contribution in [-0.2, 0) is 4.79 Å². The maximum Gasteiger partial charge on any atom is 0.456 e. The number of nitrogens with two attached hydrogens (primary N) is 1. The van der Waals surface area contributed by atoms with Crippen LogP contribution in [0.5, 0.6) is 0 Å². The largest absolute Gasteiger partial charge is 0.456 e. The fraction of sp³-hybridized carbons (Fsp3) is 0.938. The predicted octanol–water partition coefficient (Wildman–Crippen LogP) is 2.35. The Bertz CT molecular complexity index is 545. The zero-order valence-corrected chi connectivity index (χ0v) is 13.7. The number of piperidine rings is 1. The van der Waals surface area contributed by atoms with Gasteiger partial charge in [0, 0.05) is 11.5 Å². The van der Waals surface area contributed by atoms with Gasteiger partial charge in [-0.2, -0.15) is 22.0 Å².